The molecule has 18 heavy (non-hydrogen) atoms. The SMILES string of the molecule is CN(C(=O)[C@H]1CC(C)(C)OC1=O)c1ccccc1. The molecular weight excluding hydrogens is 230 g/mol. The quantitative estimate of drug-likeness (QED) is 0.593. The zero-order valence-corrected chi connectivity index (χ0v) is 10.8. The number of carbonyl (C=O) groups is 2. The number of benzene rings is 1. The number of amides is 1. The molecule has 0 bridgehead atoms. The Hall–Kier alpha value is -1.84. The number of esters is 1. The topological polar surface area (TPSA) is 46.6 Å². The van der Waals surface area contributed by atoms with E-state index in [1.165, 1.54) is 4.90 Å². The Labute approximate surface area is 107 Å². The molecule has 1 fully saturated rings. The Kier molecular flexibility index (Phi) is 3.11. The van der Waals surface area contributed by atoms with Crippen LogP contribution >= 0.6 is 0 Å². The second-order valence-corrected chi connectivity index (χ2v) is 5.17. The average molecular weight is 247 g/mol. The van der Waals surface area contributed by atoms with Crippen LogP contribution in [-0.2, 0) is 14.3 Å². The number of nitrogens with zero attached hydrogens (tertiary/aromatic N) is 1. The fourth-order valence-corrected chi connectivity index (χ4v) is 2.16. The van der Waals surface area contributed by atoms with Crippen molar-refractivity contribution in [2.45, 2.75) is 25.9 Å². The second kappa shape index (κ2) is 4.44. The van der Waals surface area contributed by atoms with Gasteiger partial charge in [0.15, 0.2) is 0 Å². The second-order valence-electron chi connectivity index (χ2n) is 5.17. The third kappa shape index (κ3) is 2.37. The molecule has 1 atom stereocenters. The molecule has 2 rings (SSSR count). The van der Waals surface area contributed by atoms with E-state index in [9.17, 15) is 9.59 Å². The Bertz CT molecular complexity index is 467. The van der Waals surface area contributed by atoms with Crippen molar-refractivity contribution >= 4 is 17.6 Å². The molecule has 1 heterocycles. The Morgan fingerprint density at radius 1 is 1.33 bits per heavy atom. The molecule has 0 aromatic heterocycles. The zero-order valence-electron chi connectivity index (χ0n) is 10.8. The van der Waals surface area contributed by atoms with Gasteiger partial charge >= 0.3 is 5.97 Å². The van der Waals surface area contributed by atoms with E-state index in [4.69, 9.17) is 4.74 Å². The molecule has 0 spiro atoms. The Balaban J connectivity index is 2.16. The molecule has 1 aliphatic heterocycles. The molecule has 0 unspecified atom stereocenters. The summed E-state index contributed by atoms with van der Waals surface area (Å²) in [5.74, 6) is -1.32. The van der Waals surface area contributed by atoms with Crippen LogP contribution in [0.4, 0.5) is 5.69 Å². The third-order valence-electron chi connectivity index (χ3n) is 3.13. The van der Waals surface area contributed by atoms with E-state index in [2.05, 4.69) is 0 Å². The van der Waals surface area contributed by atoms with Crippen LogP contribution < -0.4 is 4.90 Å². The lowest BCUT2D eigenvalue weighted by Gasteiger charge is -2.19. The van der Waals surface area contributed by atoms with Gasteiger partial charge in [0, 0.05) is 19.2 Å². The van der Waals surface area contributed by atoms with Gasteiger partial charge in [0.2, 0.25) is 5.91 Å². The summed E-state index contributed by atoms with van der Waals surface area (Å²) in [4.78, 5) is 25.5. The predicted molar refractivity (Wildman–Crippen MR) is 68.1 cm³/mol. The van der Waals surface area contributed by atoms with Gasteiger partial charge in [-0.15, -0.1) is 0 Å². The van der Waals surface area contributed by atoms with E-state index in [0.29, 0.717) is 6.42 Å². The molecule has 0 N–H and O–H groups in total. The van der Waals surface area contributed by atoms with Crippen molar-refractivity contribution in [1.29, 1.82) is 0 Å². The van der Waals surface area contributed by atoms with Gasteiger partial charge < -0.3 is 9.64 Å². The lowest BCUT2D eigenvalue weighted by atomic mass is 9.96. The number of hydrogen-bond acceptors (Lipinski definition) is 3. The van der Waals surface area contributed by atoms with Crippen molar-refractivity contribution in [1.82, 2.24) is 0 Å². The van der Waals surface area contributed by atoms with Gasteiger partial charge in [-0.2, -0.15) is 0 Å². The first kappa shape index (κ1) is 12.6. The smallest absolute Gasteiger partial charge is 0.319 e. The van der Waals surface area contributed by atoms with Gasteiger partial charge in [-0.25, -0.2) is 0 Å². The van der Waals surface area contributed by atoms with Crippen molar-refractivity contribution in [3.05, 3.63) is 30.3 Å². The van der Waals surface area contributed by atoms with Crippen LogP contribution in [-0.4, -0.2) is 24.5 Å². The summed E-state index contributed by atoms with van der Waals surface area (Å²) >= 11 is 0. The van der Waals surface area contributed by atoms with Gasteiger partial charge in [0.1, 0.15) is 11.5 Å². The molecule has 4 heteroatoms. The van der Waals surface area contributed by atoms with Gasteiger partial charge in [-0.3, -0.25) is 9.59 Å². The number of carbonyl (C=O) groups excluding carboxylic acids is 2. The van der Waals surface area contributed by atoms with Crippen LogP contribution in [0.1, 0.15) is 20.3 Å². The van der Waals surface area contributed by atoms with E-state index in [1.54, 1.807) is 7.05 Å². The molecule has 1 aliphatic rings. The number of para-hydroxylation sites is 1. The number of anilines is 1. The first-order valence-electron chi connectivity index (χ1n) is 5.96. The summed E-state index contributed by atoms with van der Waals surface area (Å²) in [5.41, 5.74) is 0.231. The van der Waals surface area contributed by atoms with Crippen molar-refractivity contribution in [3.63, 3.8) is 0 Å². The molecule has 0 aliphatic carbocycles. The molecule has 0 saturated carbocycles. The van der Waals surface area contributed by atoms with Gasteiger partial charge in [-0.1, -0.05) is 18.2 Å². The Morgan fingerprint density at radius 2 is 1.94 bits per heavy atom. The van der Waals surface area contributed by atoms with Crippen molar-refractivity contribution < 1.29 is 14.3 Å². The average Bonchev–Trinajstić information content (AvgIpc) is 2.62. The summed E-state index contributed by atoms with van der Waals surface area (Å²) in [7, 11) is 1.68. The minimum atomic E-state index is -0.690. The predicted octanol–water partition coefficient (Wildman–Crippen LogP) is 1.99. The molecule has 1 aromatic carbocycles. The maximum absolute atomic E-state index is 12.3. The lowest BCUT2D eigenvalue weighted by molar-refractivity contribution is -0.150. The Morgan fingerprint density at radius 3 is 2.44 bits per heavy atom. The van der Waals surface area contributed by atoms with Gasteiger partial charge in [0.05, 0.1) is 0 Å². The molecule has 0 radical (unpaired) electrons. The first-order chi connectivity index (χ1) is 8.41. The molecule has 1 aromatic rings. The number of ether oxygens (including phenoxy) is 1. The van der Waals surface area contributed by atoms with Crippen molar-refractivity contribution in [2.75, 3.05) is 11.9 Å². The van der Waals surface area contributed by atoms with Crippen LogP contribution in [0.25, 0.3) is 0 Å². The number of hydrogen-bond donors (Lipinski definition) is 0. The monoisotopic (exact) mass is 247 g/mol. The van der Waals surface area contributed by atoms with E-state index in [1.807, 2.05) is 44.2 Å². The summed E-state index contributed by atoms with van der Waals surface area (Å²) in [6.07, 6.45) is 0.432. The highest BCUT2D eigenvalue weighted by molar-refractivity contribution is 6.06. The van der Waals surface area contributed by atoms with Crippen LogP contribution in [0.15, 0.2) is 30.3 Å². The number of cyclic esters (lactones) is 1. The molecule has 4 nitrogen and oxygen atoms in total. The van der Waals surface area contributed by atoms with E-state index in [0.717, 1.165) is 5.69 Å². The van der Waals surface area contributed by atoms with Crippen molar-refractivity contribution in [2.24, 2.45) is 5.92 Å². The minimum Gasteiger partial charge on any atom is -0.459 e. The summed E-state index contributed by atoms with van der Waals surface area (Å²) in [6.45, 7) is 3.64. The number of rotatable bonds is 2. The van der Waals surface area contributed by atoms with Gasteiger partial charge in [0.25, 0.3) is 0 Å². The third-order valence-corrected chi connectivity index (χ3v) is 3.13. The molecular formula is C14H17NO3. The molecule has 1 amide bonds. The highest BCUT2D eigenvalue weighted by Crippen LogP contribution is 2.32. The maximum atomic E-state index is 12.3. The summed E-state index contributed by atoms with van der Waals surface area (Å²) < 4.78 is 5.18. The minimum absolute atomic E-state index is 0.211. The highest BCUT2D eigenvalue weighted by Gasteiger charge is 2.45. The van der Waals surface area contributed by atoms with Crippen LogP contribution in [0, 0.1) is 5.92 Å². The maximum Gasteiger partial charge on any atom is 0.319 e. The summed E-state index contributed by atoms with van der Waals surface area (Å²) in [5, 5.41) is 0. The normalized spacial score (nSPS) is 21.5. The first-order valence-corrected chi connectivity index (χ1v) is 5.96. The van der Waals surface area contributed by atoms with E-state index < -0.39 is 17.5 Å². The fourth-order valence-electron chi connectivity index (χ4n) is 2.16. The van der Waals surface area contributed by atoms with Crippen molar-refractivity contribution in [3.8, 4) is 0 Å². The largest absolute Gasteiger partial charge is 0.459 e. The molecule has 1 saturated heterocycles. The van der Waals surface area contributed by atoms with Crippen LogP contribution in [0.5, 0.6) is 0 Å². The highest BCUT2D eigenvalue weighted by atomic mass is 16.6. The summed E-state index contributed by atoms with van der Waals surface area (Å²) in [6, 6.07) is 9.27. The van der Waals surface area contributed by atoms with E-state index in [-0.39, 0.29) is 5.91 Å². The zero-order chi connectivity index (χ0) is 13.3. The standard InChI is InChI=1S/C14H17NO3/c1-14(2)9-11(13(17)18-14)12(16)15(3)10-7-5-4-6-8-10/h4-8,11H,9H2,1-3H3/t11-/m1/s1. The fraction of sp³-hybridized carbons (Fsp3) is 0.429. The lowest BCUT2D eigenvalue weighted by Crippen LogP contribution is -2.35. The van der Waals surface area contributed by atoms with Gasteiger partial charge in [-0.05, 0) is 26.0 Å². The van der Waals surface area contributed by atoms with Crippen LogP contribution in [0.3, 0.4) is 0 Å². The van der Waals surface area contributed by atoms with E-state index >= 15 is 0 Å². The van der Waals surface area contributed by atoms with Crippen LogP contribution in [0.2, 0.25) is 0 Å². The molecule has 96 valence electrons.